The molecule has 1 amide bonds. The molecular formula is C19H25N5O2S. The van der Waals surface area contributed by atoms with E-state index in [1.54, 1.807) is 0 Å². The normalized spacial score (nSPS) is 17.8. The van der Waals surface area contributed by atoms with Gasteiger partial charge in [0.05, 0.1) is 19.0 Å². The van der Waals surface area contributed by atoms with Gasteiger partial charge in [0.2, 0.25) is 5.91 Å². The summed E-state index contributed by atoms with van der Waals surface area (Å²) in [7, 11) is 1.97. The van der Waals surface area contributed by atoms with E-state index in [1.165, 1.54) is 30.2 Å². The Kier molecular flexibility index (Phi) is 5.75. The number of benzene rings is 1. The van der Waals surface area contributed by atoms with Crippen molar-refractivity contribution in [2.24, 2.45) is 7.05 Å². The Morgan fingerprint density at radius 1 is 1.22 bits per heavy atom. The molecule has 0 radical (unpaired) electrons. The number of nitrogens with one attached hydrogen (secondary N) is 1. The molecule has 1 saturated carbocycles. The lowest BCUT2D eigenvalue weighted by Crippen LogP contribution is -2.35. The van der Waals surface area contributed by atoms with Crippen LogP contribution in [0.5, 0.6) is 0 Å². The highest BCUT2D eigenvalue weighted by Crippen LogP contribution is 2.39. The number of anilines is 1. The van der Waals surface area contributed by atoms with Crippen molar-refractivity contribution in [3.63, 3.8) is 0 Å². The lowest BCUT2D eigenvalue weighted by molar-refractivity contribution is -0.113. The first-order valence-electron chi connectivity index (χ1n) is 9.40. The molecule has 2 fully saturated rings. The minimum absolute atomic E-state index is 0.0306. The second kappa shape index (κ2) is 8.41. The van der Waals surface area contributed by atoms with Crippen LogP contribution >= 0.6 is 11.8 Å². The first-order chi connectivity index (χ1) is 13.2. The Labute approximate surface area is 163 Å². The number of carbonyl (C=O) groups is 1. The number of amides is 1. The third-order valence-electron chi connectivity index (χ3n) is 4.89. The molecule has 0 spiro atoms. The van der Waals surface area contributed by atoms with Crippen molar-refractivity contribution < 1.29 is 9.53 Å². The molecule has 27 heavy (non-hydrogen) atoms. The molecule has 0 unspecified atom stereocenters. The highest BCUT2D eigenvalue weighted by atomic mass is 32.2. The van der Waals surface area contributed by atoms with Crippen molar-refractivity contribution in [2.75, 3.05) is 37.4 Å². The minimum Gasteiger partial charge on any atom is -0.379 e. The fraction of sp³-hybridized carbons (Fsp3) is 0.526. The molecule has 0 bridgehead atoms. The van der Waals surface area contributed by atoms with Crippen LogP contribution in [0.15, 0.2) is 29.4 Å². The van der Waals surface area contributed by atoms with E-state index in [0.717, 1.165) is 49.5 Å². The Morgan fingerprint density at radius 3 is 2.67 bits per heavy atom. The van der Waals surface area contributed by atoms with E-state index in [0.29, 0.717) is 11.7 Å². The number of aromatic nitrogens is 3. The predicted octanol–water partition coefficient (Wildman–Crippen LogP) is 2.26. The third-order valence-corrected chi connectivity index (χ3v) is 5.91. The van der Waals surface area contributed by atoms with Crippen molar-refractivity contribution in [1.82, 2.24) is 19.7 Å². The Bertz CT molecular complexity index is 782. The van der Waals surface area contributed by atoms with Gasteiger partial charge in [-0.15, -0.1) is 10.2 Å². The summed E-state index contributed by atoms with van der Waals surface area (Å²) in [5.41, 5.74) is 2.07. The molecule has 1 aromatic heterocycles. The van der Waals surface area contributed by atoms with E-state index in [9.17, 15) is 4.79 Å². The van der Waals surface area contributed by atoms with Crippen LogP contribution in [0.4, 0.5) is 5.69 Å². The van der Waals surface area contributed by atoms with Gasteiger partial charge in [-0.25, -0.2) is 0 Å². The molecule has 4 rings (SSSR count). The van der Waals surface area contributed by atoms with E-state index in [-0.39, 0.29) is 5.91 Å². The van der Waals surface area contributed by atoms with Crippen LogP contribution in [0.1, 0.15) is 30.1 Å². The molecule has 144 valence electrons. The molecule has 2 aliphatic rings. The Balaban J connectivity index is 1.25. The molecule has 0 atom stereocenters. The topological polar surface area (TPSA) is 72.3 Å². The maximum absolute atomic E-state index is 12.2. The number of hydrogen-bond donors (Lipinski definition) is 1. The molecule has 1 aliphatic heterocycles. The average Bonchev–Trinajstić information content (AvgIpc) is 3.46. The second-order valence-electron chi connectivity index (χ2n) is 7.10. The van der Waals surface area contributed by atoms with E-state index in [2.05, 4.69) is 32.5 Å². The third kappa shape index (κ3) is 4.88. The number of thioether (sulfide) groups is 1. The number of rotatable bonds is 7. The van der Waals surface area contributed by atoms with Crippen LogP contribution in [-0.4, -0.2) is 57.6 Å². The summed E-state index contributed by atoms with van der Waals surface area (Å²) < 4.78 is 7.39. The fourth-order valence-corrected chi connectivity index (χ4v) is 3.91. The smallest absolute Gasteiger partial charge is 0.234 e. The number of carbonyl (C=O) groups excluding carboxylic acids is 1. The van der Waals surface area contributed by atoms with Crippen LogP contribution in [0, 0.1) is 0 Å². The molecule has 1 N–H and O–H groups in total. The van der Waals surface area contributed by atoms with Gasteiger partial charge in [-0.2, -0.15) is 0 Å². The van der Waals surface area contributed by atoms with Crippen molar-refractivity contribution in [3.05, 3.63) is 35.7 Å². The quantitative estimate of drug-likeness (QED) is 0.735. The van der Waals surface area contributed by atoms with Gasteiger partial charge in [-0.3, -0.25) is 9.69 Å². The zero-order valence-electron chi connectivity index (χ0n) is 15.6. The minimum atomic E-state index is -0.0306. The molecule has 1 aromatic carbocycles. The van der Waals surface area contributed by atoms with Gasteiger partial charge in [-0.1, -0.05) is 23.9 Å². The molecule has 8 heteroatoms. The lowest BCUT2D eigenvalue weighted by Gasteiger charge is -2.26. The van der Waals surface area contributed by atoms with Gasteiger partial charge in [0.1, 0.15) is 5.82 Å². The van der Waals surface area contributed by atoms with Crippen LogP contribution < -0.4 is 5.32 Å². The van der Waals surface area contributed by atoms with Gasteiger partial charge in [0, 0.05) is 38.3 Å². The first kappa shape index (κ1) is 18.5. The number of hydrogen-bond acceptors (Lipinski definition) is 6. The van der Waals surface area contributed by atoms with E-state index in [4.69, 9.17) is 4.74 Å². The fourth-order valence-electron chi connectivity index (χ4n) is 3.19. The van der Waals surface area contributed by atoms with Crippen molar-refractivity contribution in [3.8, 4) is 0 Å². The van der Waals surface area contributed by atoms with Crippen LogP contribution in [-0.2, 0) is 23.1 Å². The summed E-state index contributed by atoms with van der Waals surface area (Å²) in [6.07, 6.45) is 2.39. The average molecular weight is 388 g/mol. The summed E-state index contributed by atoms with van der Waals surface area (Å²) in [5.74, 6) is 1.89. The SMILES string of the molecule is Cn1c(SCC(=O)Nc2ccc(CN3CCOCC3)cc2)nnc1C1CC1. The lowest BCUT2D eigenvalue weighted by atomic mass is 10.2. The molecule has 1 aliphatic carbocycles. The summed E-state index contributed by atoms with van der Waals surface area (Å²) >= 11 is 1.43. The number of morpholine rings is 1. The first-order valence-corrected chi connectivity index (χ1v) is 10.4. The van der Waals surface area contributed by atoms with E-state index < -0.39 is 0 Å². The van der Waals surface area contributed by atoms with Crippen molar-refractivity contribution in [1.29, 1.82) is 0 Å². The summed E-state index contributed by atoms with van der Waals surface area (Å²) in [6, 6.07) is 8.07. The van der Waals surface area contributed by atoms with Crippen molar-refractivity contribution >= 4 is 23.4 Å². The highest BCUT2D eigenvalue weighted by Gasteiger charge is 2.29. The van der Waals surface area contributed by atoms with Crippen molar-refractivity contribution in [2.45, 2.75) is 30.5 Å². The molecule has 1 saturated heterocycles. The van der Waals surface area contributed by atoms with Crippen LogP contribution in [0.2, 0.25) is 0 Å². The van der Waals surface area contributed by atoms with E-state index >= 15 is 0 Å². The van der Waals surface area contributed by atoms with Gasteiger partial charge in [-0.05, 0) is 30.5 Å². The van der Waals surface area contributed by atoms with Gasteiger partial charge in [0.25, 0.3) is 0 Å². The zero-order chi connectivity index (χ0) is 18.6. The van der Waals surface area contributed by atoms with Gasteiger partial charge < -0.3 is 14.6 Å². The molecule has 7 nitrogen and oxygen atoms in total. The monoisotopic (exact) mass is 387 g/mol. The molecule has 2 heterocycles. The maximum atomic E-state index is 12.2. The predicted molar refractivity (Wildman–Crippen MR) is 105 cm³/mol. The zero-order valence-corrected chi connectivity index (χ0v) is 16.4. The summed E-state index contributed by atoms with van der Waals surface area (Å²) in [4.78, 5) is 14.6. The van der Waals surface area contributed by atoms with Gasteiger partial charge in [0.15, 0.2) is 5.16 Å². The van der Waals surface area contributed by atoms with Crippen LogP contribution in [0.3, 0.4) is 0 Å². The standard InChI is InChI=1S/C19H25N5O2S/c1-23-18(15-4-5-15)21-22-19(23)27-13-17(25)20-16-6-2-14(3-7-16)12-24-8-10-26-11-9-24/h2-3,6-7,15H,4-5,8-13H2,1H3,(H,20,25). The number of ether oxygens (including phenoxy) is 1. The van der Waals surface area contributed by atoms with Crippen LogP contribution in [0.25, 0.3) is 0 Å². The molecular weight excluding hydrogens is 362 g/mol. The molecule has 2 aromatic rings. The second-order valence-corrected chi connectivity index (χ2v) is 8.04. The maximum Gasteiger partial charge on any atom is 0.234 e. The van der Waals surface area contributed by atoms with E-state index in [1.807, 2.05) is 23.7 Å². The Hall–Kier alpha value is -1.90. The van der Waals surface area contributed by atoms with Gasteiger partial charge >= 0.3 is 0 Å². The number of nitrogens with zero attached hydrogens (tertiary/aromatic N) is 4. The largest absolute Gasteiger partial charge is 0.379 e. The summed E-state index contributed by atoms with van der Waals surface area (Å²) in [6.45, 7) is 4.47. The summed E-state index contributed by atoms with van der Waals surface area (Å²) in [5, 5.41) is 12.2. The Morgan fingerprint density at radius 2 is 1.96 bits per heavy atom. The highest BCUT2D eigenvalue weighted by molar-refractivity contribution is 7.99.